The number of nitrogens with one attached hydrogen (secondary N) is 1. The maximum atomic E-state index is 12.2. The van der Waals surface area contributed by atoms with E-state index in [1.54, 1.807) is 0 Å². The van der Waals surface area contributed by atoms with Gasteiger partial charge in [-0.05, 0) is 32.0 Å². The molecular weight excluding hydrogens is 284 g/mol. The van der Waals surface area contributed by atoms with Gasteiger partial charge in [-0.2, -0.15) is 0 Å². The van der Waals surface area contributed by atoms with E-state index in [-0.39, 0.29) is 18.0 Å². The third kappa shape index (κ3) is 4.31. The van der Waals surface area contributed by atoms with Crippen LogP contribution in [0.25, 0.3) is 0 Å². The Kier molecular flexibility index (Phi) is 5.37. The number of hydrogen-bond acceptors (Lipinski definition) is 1. The number of carbonyl (C=O) groups excluding carboxylic acids is 1. The number of quaternary nitrogens is 1. The fraction of sp³-hybridized carbons (Fsp3) is 0.235. The number of rotatable bonds is 5. The van der Waals surface area contributed by atoms with Gasteiger partial charge in [0.15, 0.2) is 6.04 Å². The number of carbonyl (C=O) groups is 1. The Morgan fingerprint density at radius 2 is 1.67 bits per heavy atom. The van der Waals surface area contributed by atoms with E-state index in [1.165, 1.54) is 0 Å². The molecule has 0 spiro atoms. The van der Waals surface area contributed by atoms with Crippen LogP contribution in [0.4, 0.5) is 5.69 Å². The summed E-state index contributed by atoms with van der Waals surface area (Å²) >= 11 is 6.19. The van der Waals surface area contributed by atoms with E-state index < -0.39 is 0 Å². The first-order chi connectivity index (χ1) is 10.1. The molecule has 4 heteroatoms. The summed E-state index contributed by atoms with van der Waals surface area (Å²) in [6.45, 7) is 3.94. The van der Waals surface area contributed by atoms with E-state index in [0.29, 0.717) is 0 Å². The maximum Gasteiger partial charge on any atom is 0.282 e. The van der Waals surface area contributed by atoms with Crippen molar-refractivity contribution in [3.8, 4) is 0 Å². The first-order valence-corrected chi connectivity index (χ1v) is 7.41. The molecule has 110 valence electrons. The quantitative estimate of drug-likeness (QED) is 0.876. The average molecular weight is 304 g/mol. The number of benzene rings is 2. The van der Waals surface area contributed by atoms with Crippen molar-refractivity contribution in [3.63, 3.8) is 0 Å². The number of para-hydroxylation sites is 1. The summed E-state index contributed by atoms with van der Waals surface area (Å²) in [6.07, 6.45) is 0. The normalized spacial score (nSPS) is 13.5. The van der Waals surface area contributed by atoms with Crippen molar-refractivity contribution in [1.82, 2.24) is 0 Å². The molecule has 0 fully saturated rings. The van der Waals surface area contributed by atoms with Gasteiger partial charge >= 0.3 is 0 Å². The van der Waals surface area contributed by atoms with E-state index in [9.17, 15) is 4.79 Å². The van der Waals surface area contributed by atoms with E-state index >= 15 is 0 Å². The van der Waals surface area contributed by atoms with Crippen molar-refractivity contribution in [3.05, 3.63) is 65.2 Å². The third-order valence-corrected chi connectivity index (χ3v) is 3.77. The second-order valence-electron chi connectivity index (χ2n) is 5.15. The molecule has 0 bridgehead atoms. The van der Waals surface area contributed by atoms with Crippen molar-refractivity contribution in [1.29, 1.82) is 0 Å². The molecule has 2 atom stereocenters. The van der Waals surface area contributed by atoms with Gasteiger partial charge in [0, 0.05) is 16.3 Å². The maximum absolute atomic E-state index is 12.2. The van der Waals surface area contributed by atoms with Crippen LogP contribution >= 0.6 is 11.6 Å². The average Bonchev–Trinajstić information content (AvgIpc) is 2.48. The molecule has 0 unspecified atom stereocenters. The van der Waals surface area contributed by atoms with Crippen LogP contribution in [-0.2, 0) is 4.79 Å². The predicted molar refractivity (Wildman–Crippen MR) is 86.3 cm³/mol. The summed E-state index contributed by atoms with van der Waals surface area (Å²) in [7, 11) is 0. The van der Waals surface area contributed by atoms with Crippen LogP contribution in [-0.4, -0.2) is 11.9 Å². The summed E-state index contributed by atoms with van der Waals surface area (Å²) in [4.78, 5) is 12.2. The molecule has 2 aromatic rings. The van der Waals surface area contributed by atoms with Gasteiger partial charge in [0.1, 0.15) is 6.04 Å². The number of anilines is 1. The molecule has 0 aliphatic carbocycles. The molecule has 0 aliphatic rings. The minimum atomic E-state index is -0.198. The van der Waals surface area contributed by atoms with Gasteiger partial charge in [0.25, 0.3) is 5.91 Å². The number of hydrogen-bond donors (Lipinski definition) is 2. The molecule has 1 amide bonds. The fourth-order valence-corrected chi connectivity index (χ4v) is 2.55. The van der Waals surface area contributed by atoms with Crippen molar-refractivity contribution < 1.29 is 10.1 Å². The Balaban J connectivity index is 1.96. The zero-order chi connectivity index (χ0) is 15.2. The van der Waals surface area contributed by atoms with E-state index in [1.807, 2.05) is 73.8 Å². The molecule has 0 heterocycles. The summed E-state index contributed by atoms with van der Waals surface area (Å²) in [5, 5.41) is 5.66. The Bertz CT molecular complexity index is 601. The second kappa shape index (κ2) is 7.25. The number of nitrogens with two attached hydrogens (primary N) is 1. The summed E-state index contributed by atoms with van der Waals surface area (Å²) in [6, 6.07) is 17.1. The van der Waals surface area contributed by atoms with Crippen molar-refractivity contribution in [2.75, 3.05) is 5.32 Å². The Morgan fingerprint density at radius 3 is 2.33 bits per heavy atom. The Morgan fingerprint density at radius 1 is 1.05 bits per heavy atom. The lowest BCUT2D eigenvalue weighted by atomic mass is 10.1. The Hall–Kier alpha value is -1.84. The third-order valence-electron chi connectivity index (χ3n) is 3.43. The first kappa shape index (κ1) is 15.5. The van der Waals surface area contributed by atoms with Crippen molar-refractivity contribution in [2.24, 2.45) is 0 Å². The molecule has 0 aliphatic heterocycles. The van der Waals surface area contributed by atoms with Gasteiger partial charge in [-0.15, -0.1) is 0 Å². The van der Waals surface area contributed by atoms with Gasteiger partial charge in [-0.25, -0.2) is 0 Å². The molecule has 0 radical (unpaired) electrons. The molecule has 2 aromatic carbocycles. The van der Waals surface area contributed by atoms with Crippen molar-refractivity contribution in [2.45, 2.75) is 25.9 Å². The number of amides is 1. The lowest BCUT2D eigenvalue weighted by Crippen LogP contribution is -2.91. The predicted octanol–water partition coefficient (Wildman–Crippen LogP) is 2.99. The lowest BCUT2D eigenvalue weighted by molar-refractivity contribution is -0.709. The van der Waals surface area contributed by atoms with Crippen LogP contribution < -0.4 is 10.6 Å². The molecule has 2 rings (SSSR count). The van der Waals surface area contributed by atoms with Crippen LogP contribution in [0.2, 0.25) is 5.02 Å². The second-order valence-corrected chi connectivity index (χ2v) is 5.55. The summed E-state index contributed by atoms with van der Waals surface area (Å²) in [5.41, 5.74) is 1.85. The van der Waals surface area contributed by atoms with Crippen LogP contribution in [0, 0.1) is 0 Å². The molecule has 21 heavy (non-hydrogen) atoms. The topological polar surface area (TPSA) is 45.7 Å². The molecule has 3 N–H and O–H groups in total. The molecule has 3 nitrogen and oxygen atoms in total. The monoisotopic (exact) mass is 303 g/mol. The lowest BCUT2D eigenvalue weighted by Gasteiger charge is -2.17. The number of halogens is 1. The SMILES string of the molecule is C[C@H]([NH2+][C@H](C)C(=O)Nc1ccccc1)c1ccccc1Cl. The van der Waals surface area contributed by atoms with E-state index in [2.05, 4.69) is 5.32 Å². The van der Waals surface area contributed by atoms with Crippen LogP contribution in [0.1, 0.15) is 25.5 Å². The highest BCUT2D eigenvalue weighted by Gasteiger charge is 2.21. The minimum Gasteiger partial charge on any atom is -0.330 e. The van der Waals surface area contributed by atoms with Gasteiger partial charge in [-0.1, -0.05) is 48.0 Å². The largest absolute Gasteiger partial charge is 0.330 e. The Labute approximate surface area is 130 Å². The highest BCUT2D eigenvalue weighted by Crippen LogP contribution is 2.19. The van der Waals surface area contributed by atoms with E-state index in [0.717, 1.165) is 16.3 Å². The fourth-order valence-electron chi connectivity index (χ4n) is 2.25. The smallest absolute Gasteiger partial charge is 0.282 e. The minimum absolute atomic E-state index is 0.0138. The molecule has 0 aromatic heterocycles. The highest BCUT2D eigenvalue weighted by atomic mass is 35.5. The van der Waals surface area contributed by atoms with Crippen LogP contribution in [0.15, 0.2) is 54.6 Å². The van der Waals surface area contributed by atoms with E-state index in [4.69, 9.17) is 11.6 Å². The zero-order valence-electron chi connectivity index (χ0n) is 12.2. The first-order valence-electron chi connectivity index (χ1n) is 7.03. The molecule has 0 saturated carbocycles. The van der Waals surface area contributed by atoms with Crippen LogP contribution in [0.5, 0.6) is 0 Å². The molecular formula is C17H20ClN2O+. The zero-order valence-corrected chi connectivity index (χ0v) is 13.0. The molecule has 0 saturated heterocycles. The van der Waals surface area contributed by atoms with Gasteiger partial charge in [-0.3, -0.25) is 4.79 Å². The van der Waals surface area contributed by atoms with Crippen molar-refractivity contribution >= 4 is 23.2 Å². The highest BCUT2D eigenvalue weighted by molar-refractivity contribution is 6.31. The summed E-state index contributed by atoms with van der Waals surface area (Å²) < 4.78 is 0. The van der Waals surface area contributed by atoms with Gasteiger partial charge in [0.05, 0.1) is 0 Å². The van der Waals surface area contributed by atoms with Crippen LogP contribution in [0.3, 0.4) is 0 Å². The van der Waals surface area contributed by atoms with Gasteiger partial charge in [0.2, 0.25) is 0 Å². The standard InChI is InChI=1S/C17H19ClN2O/c1-12(15-10-6-7-11-16(15)18)19-13(2)17(21)20-14-8-4-3-5-9-14/h3-13,19H,1-2H3,(H,20,21)/p+1/t12-,13+/m0/s1. The van der Waals surface area contributed by atoms with Gasteiger partial charge < -0.3 is 10.6 Å². The summed E-state index contributed by atoms with van der Waals surface area (Å²) in [5.74, 6) is -0.0138.